The molecule has 21 heavy (non-hydrogen) atoms. The molecule has 1 aliphatic heterocycles. The van der Waals surface area contributed by atoms with Gasteiger partial charge in [0.25, 0.3) is 0 Å². The van der Waals surface area contributed by atoms with Gasteiger partial charge >= 0.3 is 0 Å². The van der Waals surface area contributed by atoms with Crippen LogP contribution in [0.5, 0.6) is 0 Å². The predicted octanol–water partition coefficient (Wildman–Crippen LogP) is -0.426. The van der Waals surface area contributed by atoms with E-state index in [1.165, 1.54) is 0 Å². The van der Waals surface area contributed by atoms with Crippen molar-refractivity contribution in [3.63, 3.8) is 0 Å². The fraction of sp³-hybridized carbons (Fsp3) is 0.643. The fourth-order valence-electron chi connectivity index (χ4n) is 2.47. The first kappa shape index (κ1) is 15.5. The summed E-state index contributed by atoms with van der Waals surface area (Å²) >= 11 is 0. The van der Waals surface area contributed by atoms with Crippen molar-refractivity contribution in [1.82, 2.24) is 20.0 Å². The van der Waals surface area contributed by atoms with Crippen LogP contribution < -0.4 is 5.32 Å². The normalized spacial score (nSPS) is 18.3. The Balaban J connectivity index is 1.74. The summed E-state index contributed by atoms with van der Waals surface area (Å²) in [5.74, 6) is -0.273. The Morgan fingerprint density at radius 3 is 3.05 bits per heavy atom. The van der Waals surface area contributed by atoms with E-state index >= 15 is 0 Å². The maximum Gasteiger partial charge on any atom is 0.225 e. The molecule has 0 radical (unpaired) electrons. The summed E-state index contributed by atoms with van der Waals surface area (Å²) in [7, 11) is 3.48. The standard InChI is InChI=1S/C14H22N4O3/c1-17-12(4-6-16-17)3-5-15-14(20)11-9-13(19)18(10-11)7-8-21-2/h4,6,11H,3,5,7-10H2,1-2H3,(H,15,20)/t11-/m1/s1. The van der Waals surface area contributed by atoms with Gasteiger partial charge in [-0.25, -0.2) is 0 Å². The molecule has 2 rings (SSSR count). The van der Waals surface area contributed by atoms with Crippen LogP contribution in [0.15, 0.2) is 12.3 Å². The molecule has 1 N–H and O–H groups in total. The van der Waals surface area contributed by atoms with Crippen molar-refractivity contribution in [1.29, 1.82) is 0 Å². The lowest BCUT2D eigenvalue weighted by Crippen LogP contribution is -2.35. The van der Waals surface area contributed by atoms with Gasteiger partial charge in [0, 0.05) is 58.5 Å². The summed E-state index contributed by atoms with van der Waals surface area (Å²) in [5, 5.41) is 6.98. The molecule has 1 aromatic rings. The number of methoxy groups -OCH3 is 1. The second kappa shape index (κ2) is 7.21. The molecule has 1 fully saturated rings. The average Bonchev–Trinajstić information content (AvgIpc) is 3.03. The van der Waals surface area contributed by atoms with Crippen LogP contribution in [0.3, 0.4) is 0 Å². The number of hydrogen-bond acceptors (Lipinski definition) is 4. The van der Waals surface area contributed by atoms with Crippen LogP contribution in [0.25, 0.3) is 0 Å². The van der Waals surface area contributed by atoms with Gasteiger partial charge in [0.05, 0.1) is 12.5 Å². The van der Waals surface area contributed by atoms with Crippen LogP contribution >= 0.6 is 0 Å². The van der Waals surface area contributed by atoms with Crippen LogP contribution in [0.2, 0.25) is 0 Å². The molecule has 0 unspecified atom stereocenters. The second-order valence-corrected chi connectivity index (χ2v) is 5.22. The Kier molecular flexibility index (Phi) is 5.32. The molecule has 0 aliphatic carbocycles. The van der Waals surface area contributed by atoms with E-state index in [2.05, 4.69) is 10.4 Å². The number of carbonyl (C=O) groups is 2. The molecule has 2 heterocycles. The predicted molar refractivity (Wildman–Crippen MR) is 76.5 cm³/mol. The minimum absolute atomic E-state index is 0.0267. The molecule has 116 valence electrons. The number of aryl methyl sites for hydroxylation is 1. The van der Waals surface area contributed by atoms with Gasteiger partial charge in [-0.3, -0.25) is 14.3 Å². The Morgan fingerprint density at radius 2 is 2.38 bits per heavy atom. The molecule has 1 saturated heterocycles. The zero-order chi connectivity index (χ0) is 15.2. The first-order valence-corrected chi connectivity index (χ1v) is 7.13. The maximum atomic E-state index is 12.1. The summed E-state index contributed by atoms with van der Waals surface area (Å²) in [6.07, 6.45) is 2.76. The molecule has 0 spiro atoms. The van der Waals surface area contributed by atoms with E-state index in [9.17, 15) is 9.59 Å². The van der Waals surface area contributed by atoms with Gasteiger partial charge in [0.1, 0.15) is 0 Å². The zero-order valence-electron chi connectivity index (χ0n) is 12.5. The highest BCUT2D eigenvalue weighted by Gasteiger charge is 2.33. The number of rotatable bonds is 7. The van der Waals surface area contributed by atoms with Crippen LogP contribution in [0.1, 0.15) is 12.1 Å². The first-order valence-electron chi connectivity index (χ1n) is 7.13. The fourth-order valence-corrected chi connectivity index (χ4v) is 2.47. The van der Waals surface area contributed by atoms with E-state index in [1.54, 1.807) is 22.9 Å². The highest BCUT2D eigenvalue weighted by molar-refractivity contribution is 5.89. The SMILES string of the molecule is COCCN1C[C@H](C(=O)NCCc2ccnn2C)CC1=O. The zero-order valence-corrected chi connectivity index (χ0v) is 12.5. The number of hydrogen-bond donors (Lipinski definition) is 1. The Bertz CT molecular complexity index is 500. The van der Waals surface area contributed by atoms with Crippen molar-refractivity contribution in [3.05, 3.63) is 18.0 Å². The van der Waals surface area contributed by atoms with Gasteiger partial charge in [-0.05, 0) is 6.07 Å². The maximum absolute atomic E-state index is 12.1. The molecular weight excluding hydrogens is 272 g/mol. The quantitative estimate of drug-likeness (QED) is 0.740. The molecule has 1 atom stereocenters. The topological polar surface area (TPSA) is 76.5 Å². The van der Waals surface area contributed by atoms with E-state index in [1.807, 2.05) is 13.1 Å². The molecule has 7 nitrogen and oxygen atoms in total. The summed E-state index contributed by atoms with van der Waals surface area (Å²) in [6.45, 7) is 2.09. The lowest BCUT2D eigenvalue weighted by molar-refractivity contribution is -0.129. The second-order valence-electron chi connectivity index (χ2n) is 5.22. The number of nitrogens with one attached hydrogen (secondary N) is 1. The lowest BCUT2D eigenvalue weighted by atomic mass is 10.1. The summed E-state index contributed by atoms with van der Waals surface area (Å²) in [6, 6.07) is 1.93. The van der Waals surface area contributed by atoms with Gasteiger partial charge in [0.2, 0.25) is 11.8 Å². The minimum Gasteiger partial charge on any atom is -0.383 e. The van der Waals surface area contributed by atoms with Crippen LogP contribution in [0.4, 0.5) is 0 Å². The van der Waals surface area contributed by atoms with E-state index in [0.717, 1.165) is 12.1 Å². The molecule has 7 heteroatoms. The van der Waals surface area contributed by atoms with E-state index in [4.69, 9.17) is 4.74 Å². The van der Waals surface area contributed by atoms with Crippen molar-refractivity contribution < 1.29 is 14.3 Å². The lowest BCUT2D eigenvalue weighted by Gasteiger charge is -2.15. The third-order valence-corrected chi connectivity index (χ3v) is 3.75. The Morgan fingerprint density at radius 1 is 1.57 bits per heavy atom. The number of amides is 2. The van der Waals surface area contributed by atoms with Gasteiger partial charge in [-0.1, -0.05) is 0 Å². The third-order valence-electron chi connectivity index (χ3n) is 3.75. The average molecular weight is 294 g/mol. The van der Waals surface area contributed by atoms with Crippen molar-refractivity contribution in [2.75, 3.05) is 33.4 Å². The molecular formula is C14H22N4O3. The number of nitrogens with zero attached hydrogens (tertiary/aromatic N) is 3. The summed E-state index contributed by atoms with van der Waals surface area (Å²) in [4.78, 5) is 25.5. The molecule has 1 aromatic heterocycles. The highest BCUT2D eigenvalue weighted by Crippen LogP contribution is 2.17. The van der Waals surface area contributed by atoms with Crippen molar-refractivity contribution in [2.45, 2.75) is 12.8 Å². The number of carbonyl (C=O) groups excluding carboxylic acids is 2. The van der Waals surface area contributed by atoms with E-state index in [-0.39, 0.29) is 17.7 Å². The van der Waals surface area contributed by atoms with E-state index < -0.39 is 0 Å². The van der Waals surface area contributed by atoms with Gasteiger partial charge in [0.15, 0.2) is 0 Å². The molecule has 0 bridgehead atoms. The van der Waals surface area contributed by atoms with Gasteiger partial charge in [-0.2, -0.15) is 5.10 Å². The largest absolute Gasteiger partial charge is 0.383 e. The smallest absolute Gasteiger partial charge is 0.225 e. The number of aromatic nitrogens is 2. The Hall–Kier alpha value is -1.89. The monoisotopic (exact) mass is 294 g/mol. The van der Waals surface area contributed by atoms with Crippen LogP contribution in [-0.4, -0.2) is 59.8 Å². The van der Waals surface area contributed by atoms with E-state index in [0.29, 0.717) is 32.7 Å². The van der Waals surface area contributed by atoms with Crippen molar-refractivity contribution in [3.8, 4) is 0 Å². The molecule has 0 aromatic carbocycles. The number of likely N-dealkylation sites (tertiary alicyclic amines) is 1. The Labute approximate surface area is 124 Å². The summed E-state index contributed by atoms with van der Waals surface area (Å²) in [5.41, 5.74) is 1.07. The van der Waals surface area contributed by atoms with Gasteiger partial charge in [-0.15, -0.1) is 0 Å². The molecule has 2 amide bonds. The highest BCUT2D eigenvalue weighted by atomic mass is 16.5. The minimum atomic E-state index is -0.249. The van der Waals surface area contributed by atoms with Crippen molar-refractivity contribution in [2.24, 2.45) is 13.0 Å². The van der Waals surface area contributed by atoms with Crippen molar-refractivity contribution >= 4 is 11.8 Å². The van der Waals surface area contributed by atoms with Crippen LogP contribution in [0, 0.1) is 5.92 Å². The first-order chi connectivity index (χ1) is 10.1. The molecule has 0 saturated carbocycles. The van der Waals surface area contributed by atoms with Gasteiger partial charge < -0.3 is 15.0 Å². The van der Waals surface area contributed by atoms with Crippen LogP contribution in [-0.2, 0) is 27.8 Å². The number of ether oxygens (including phenoxy) is 1. The third kappa shape index (κ3) is 4.04. The molecule has 1 aliphatic rings. The summed E-state index contributed by atoms with van der Waals surface area (Å²) < 4.78 is 6.75.